The number of nitrogens with one attached hydrogen (secondary N) is 1. The number of thiocarbonyl (C=S) groups is 1. The van der Waals surface area contributed by atoms with Crippen LogP contribution in [0.15, 0.2) is 9.65 Å². The van der Waals surface area contributed by atoms with Gasteiger partial charge in [-0.25, -0.2) is 0 Å². The van der Waals surface area contributed by atoms with Crippen molar-refractivity contribution in [2.24, 2.45) is 0 Å². The summed E-state index contributed by atoms with van der Waals surface area (Å²) in [6, 6.07) is 0. The molecular weight excluding hydrogens is 200 g/mol. The summed E-state index contributed by atoms with van der Waals surface area (Å²) in [5.41, 5.74) is 0. The van der Waals surface area contributed by atoms with Gasteiger partial charge in [-0.2, -0.15) is 0 Å². The van der Waals surface area contributed by atoms with E-state index < -0.39 is 0 Å². The summed E-state index contributed by atoms with van der Waals surface area (Å²) in [6.07, 6.45) is 0. The second-order valence-electron chi connectivity index (χ2n) is 1.26. The van der Waals surface area contributed by atoms with Gasteiger partial charge >= 0.3 is 0 Å². The molecule has 0 radical (unpaired) electrons. The van der Waals surface area contributed by atoms with Gasteiger partial charge in [-0.05, 0) is 6.92 Å². The lowest BCUT2D eigenvalue weighted by Gasteiger charge is -1.98. The lowest BCUT2D eigenvalue weighted by Crippen LogP contribution is -2.13. The second-order valence-corrected chi connectivity index (χ2v) is 3.20. The molecule has 0 aliphatic heterocycles. The highest BCUT2D eigenvalue weighted by Gasteiger charge is 1.96. The lowest BCUT2D eigenvalue weighted by atomic mass is 10.7. The normalized spacial score (nSPS) is 8.44. The van der Waals surface area contributed by atoms with E-state index in [1.54, 1.807) is 6.92 Å². The van der Waals surface area contributed by atoms with Gasteiger partial charge in [-0.3, -0.25) is 0 Å². The van der Waals surface area contributed by atoms with E-state index in [4.69, 9.17) is 34.8 Å². The topological polar surface area (TPSA) is 12.0 Å². The number of hydrogen-bond donors (Lipinski definition) is 1. The van der Waals surface area contributed by atoms with E-state index in [1.807, 2.05) is 0 Å². The first-order valence-electron chi connectivity index (χ1n) is 2.02. The molecule has 9 heavy (non-hydrogen) atoms. The maximum absolute atomic E-state index is 5.43. The summed E-state index contributed by atoms with van der Waals surface area (Å²) in [5.74, 6) is 0. The summed E-state index contributed by atoms with van der Waals surface area (Å²) >= 11 is 20.6. The predicted octanol–water partition coefficient (Wildman–Crippen LogP) is 2.77. The van der Waals surface area contributed by atoms with Crippen molar-refractivity contribution < 1.29 is 0 Å². The van der Waals surface area contributed by atoms with Crippen molar-refractivity contribution in [3.63, 3.8) is 0 Å². The smallest absolute Gasteiger partial charge is 0.142 e. The minimum atomic E-state index is -0.0131. The van der Waals surface area contributed by atoms with Crippen LogP contribution in [-0.4, -0.2) is 4.99 Å². The Labute approximate surface area is 74.0 Å². The van der Waals surface area contributed by atoms with Crippen molar-refractivity contribution in [1.29, 1.82) is 0 Å². The summed E-state index contributed by atoms with van der Waals surface area (Å²) in [4.78, 5) is 0.527. The molecule has 0 aromatic heterocycles. The SMILES string of the molecule is CC(=S)NC(Cl)=C(Cl)Cl. The summed E-state index contributed by atoms with van der Waals surface area (Å²) in [7, 11) is 0. The van der Waals surface area contributed by atoms with Crippen molar-refractivity contribution in [2.45, 2.75) is 6.92 Å². The van der Waals surface area contributed by atoms with Crippen LogP contribution in [0, 0.1) is 0 Å². The van der Waals surface area contributed by atoms with Gasteiger partial charge in [0, 0.05) is 0 Å². The maximum Gasteiger partial charge on any atom is 0.142 e. The van der Waals surface area contributed by atoms with Crippen molar-refractivity contribution in [1.82, 2.24) is 5.32 Å². The van der Waals surface area contributed by atoms with E-state index in [-0.39, 0.29) is 9.65 Å². The second kappa shape index (κ2) is 4.34. The Balaban J connectivity index is 3.92. The van der Waals surface area contributed by atoms with Crippen LogP contribution in [0.25, 0.3) is 0 Å². The van der Waals surface area contributed by atoms with E-state index >= 15 is 0 Å². The monoisotopic (exact) mass is 203 g/mol. The van der Waals surface area contributed by atoms with Crippen LogP contribution in [0.3, 0.4) is 0 Å². The quantitative estimate of drug-likeness (QED) is 0.521. The molecule has 1 nitrogen and oxygen atoms in total. The third-order valence-electron chi connectivity index (χ3n) is 0.452. The van der Waals surface area contributed by atoms with E-state index in [1.165, 1.54) is 0 Å². The molecule has 0 rings (SSSR count). The Hall–Kier alpha value is 0.500. The molecular formula is C4H4Cl3NS. The highest BCUT2D eigenvalue weighted by atomic mass is 35.5. The fraction of sp³-hybridized carbons (Fsp3) is 0.250. The fourth-order valence-electron chi connectivity index (χ4n) is 0.202. The number of rotatable bonds is 1. The molecule has 0 spiro atoms. The van der Waals surface area contributed by atoms with Gasteiger partial charge in [0.1, 0.15) is 9.65 Å². The minimum absolute atomic E-state index is 0.0131. The fourth-order valence-corrected chi connectivity index (χ4v) is 0.596. The lowest BCUT2D eigenvalue weighted by molar-refractivity contribution is 1.26. The van der Waals surface area contributed by atoms with Gasteiger partial charge in [-0.15, -0.1) is 0 Å². The molecule has 0 aliphatic rings. The molecule has 1 N–H and O–H groups in total. The van der Waals surface area contributed by atoms with Crippen LogP contribution < -0.4 is 5.32 Å². The standard InChI is InChI=1S/C4H4Cl3NS/c1-2(9)8-4(7)3(5)6/h1H3,(H,8,9). The zero-order chi connectivity index (χ0) is 7.44. The molecule has 0 atom stereocenters. The van der Waals surface area contributed by atoms with Crippen LogP contribution in [0.2, 0.25) is 0 Å². The number of halogens is 3. The molecule has 0 aliphatic carbocycles. The summed E-state index contributed by atoms with van der Waals surface area (Å²) in [6.45, 7) is 1.68. The zero-order valence-electron chi connectivity index (χ0n) is 4.54. The highest BCUT2D eigenvalue weighted by Crippen LogP contribution is 2.14. The molecule has 0 bridgehead atoms. The van der Waals surface area contributed by atoms with Crippen molar-refractivity contribution in [2.75, 3.05) is 0 Å². The van der Waals surface area contributed by atoms with E-state index in [0.29, 0.717) is 4.99 Å². The Morgan fingerprint density at radius 2 is 1.78 bits per heavy atom. The van der Waals surface area contributed by atoms with E-state index in [9.17, 15) is 0 Å². The Morgan fingerprint density at radius 3 is 1.89 bits per heavy atom. The Bertz CT molecular complexity index is 150. The van der Waals surface area contributed by atoms with Crippen LogP contribution in [0.4, 0.5) is 0 Å². The third kappa shape index (κ3) is 4.97. The predicted molar refractivity (Wildman–Crippen MR) is 46.0 cm³/mol. The van der Waals surface area contributed by atoms with Gasteiger partial charge < -0.3 is 5.32 Å². The first-order valence-corrected chi connectivity index (χ1v) is 3.56. The van der Waals surface area contributed by atoms with Gasteiger partial charge in [0.2, 0.25) is 0 Å². The Morgan fingerprint density at radius 1 is 1.33 bits per heavy atom. The molecule has 0 saturated carbocycles. The molecule has 0 heterocycles. The molecule has 0 aromatic rings. The van der Waals surface area contributed by atoms with Crippen molar-refractivity contribution >= 4 is 52.0 Å². The maximum atomic E-state index is 5.43. The van der Waals surface area contributed by atoms with Gasteiger partial charge in [0.05, 0.1) is 4.99 Å². The third-order valence-corrected chi connectivity index (χ3v) is 1.41. The average Bonchev–Trinajstić information content (AvgIpc) is 1.63. The number of hydrogen-bond acceptors (Lipinski definition) is 1. The van der Waals surface area contributed by atoms with Crippen LogP contribution in [0.1, 0.15) is 6.92 Å². The summed E-state index contributed by atoms with van der Waals surface area (Å²) in [5, 5.41) is 2.71. The van der Waals surface area contributed by atoms with Crippen molar-refractivity contribution in [3.8, 4) is 0 Å². The average molecular weight is 205 g/mol. The first kappa shape index (κ1) is 9.50. The first-order chi connectivity index (χ1) is 4.04. The van der Waals surface area contributed by atoms with E-state index in [2.05, 4.69) is 17.5 Å². The van der Waals surface area contributed by atoms with Crippen LogP contribution in [-0.2, 0) is 0 Å². The molecule has 52 valence electrons. The molecule has 5 heteroatoms. The molecule has 0 aromatic carbocycles. The van der Waals surface area contributed by atoms with Gasteiger partial charge in [0.15, 0.2) is 0 Å². The van der Waals surface area contributed by atoms with Gasteiger partial charge in [0.25, 0.3) is 0 Å². The Kier molecular flexibility index (Phi) is 4.58. The molecule has 0 fully saturated rings. The van der Waals surface area contributed by atoms with Gasteiger partial charge in [-0.1, -0.05) is 47.0 Å². The molecule has 0 amide bonds. The molecule has 0 unspecified atom stereocenters. The highest BCUT2D eigenvalue weighted by molar-refractivity contribution is 7.80. The van der Waals surface area contributed by atoms with Crippen LogP contribution >= 0.6 is 47.0 Å². The largest absolute Gasteiger partial charge is 0.339 e. The van der Waals surface area contributed by atoms with Crippen LogP contribution in [0.5, 0.6) is 0 Å². The molecule has 0 saturated heterocycles. The summed E-state index contributed by atoms with van der Waals surface area (Å²) < 4.78 is -0.0131. The van der Waals surface area contributed by atoms with E-state index in [0.717, 1.165) is 0 Å². The zero-order valence-corrected chi connectivity index (χ0v) is 7.63. The van der Waals surface area contributed by atoms with Crippen molar-refractivity contribution in [3.05, 3.63) is 9.65 Å². The minimum Gasteiger partial charge on any atom is -0.339 e.